The number of hydrogen-bond acceptors (Lipinski definition) is 4. The Morgan fingerprint density at radius 1 is 0.155 bits per heavy atom. The predicted molar refractivity (Wildman–Crippen MR) is 484 cm³/mol. The molecule has 116 heavy (non-hydrogen) atoms. The summed E-state index contributed by atoms with van der Waals surface area (Å²) in [6.07, 6.45) is 0. The standard InChI is InChI=1S/2C54H34N4/c1-3-14-35(15-4-1)37-16-13-17-40(32-37)53-43-21-7-10-23-47(43)55-54(56-53)58-49-25-12-9-22-44(49)52-45-33-38(27-26-36(45)28-31-51(52)58)39-29-30-50-46(34-39)42-20-8-11-24-48(42)57(50)41-18-5-2-6-19-41;1-3-13-35(14-4-1)36-23-26-38(27-24-36)53-43-18-7-10-20-47(43)55-54(56-53)58-49-22-12-9-19-44(49)52-45-33-39(28-25-37(45)29-32-51(52)58)40-30-31-50-46(34-40)42-17-8-11-21-48(42)57(50)41-15-5-2-6-16-41/h2*1-34H. The number of nitrogens with zero attached hydrogens (tertiary/aromatic N) is 8. The third kappa shape index (κ3) is 10.9. The highest BCUT2D eigenvalue weighted by atomic mass is 15.2. The van der Waals surface area contributed by atoms with Crippen LogP contribution in [0.2, 0.25) is 0 Å². The third-order valence-corrected chi connectivity index (χ3v) is 23.4. The number of fused-ring (bicyclic) bond motifs is 18. The molecular weight excluding hydrogens is 1410 g/mol. The topological polar surface area (TPSA) is 71.3 Å². The third-order valence-electron chi connectivity index (χ3n) is 23.4. The number of rotatable bonds is 10. The summed E-state index contributed by atoms with van der Waals surface area (Å²) < 4.78 is 9.23. The molecule has 0 spiro atoms. The summed E-state index contributed by atoms with van der Waals surface area (Å²) in [6.45, 7) is 0. The van der Waals surface area contributed by atoms with Gasteiger partial charge in [-0.2, -0.15) is 0 Å². The maximum absolute atomic E-state index is 5.42. The van der Waals surface area contributed by atoms with Gasteiger partial charge < -0.3 is 9.13 Å². The molecule has 18 aromatic carbocycles. The van der Waals surface area contributed by atoms with Gasteiger partial charge in [0, 0.05) is 76.4 Å². The molecule has 0 aliphatic rings. The molecule has 6 heterocycles. The molecule has 540 valence electrons. The molecule has 0 fully saturated rings. The number of hydrogen-bond donors (Lipinski definition) is 0. The van der Waals surface area contributed by atoms with Crippen LogP contribution in [0.1, 0.15) is 0 Å². The van der Waals surface area contributed by atoms with E-state index in [9.17, 15) is 0 Å². The lowest BCUT2D eigenvalue weighted by Gasteiger charge is -2.13. The number of para-hydroxylation sites is 8. The first-order valence-corrected chi connectivity index (χ1v) is 39.5. The van der Waals surface area contributed by atoms with E-state index in [-0.39, 0.29) is 0 Å². The fraction of sp³-hybridized carbons (Fsp3) is 0. The Hall–Kier alpha value is -15.6. The average Bonchev–Trinajstić information content (AvgIpc) is 1.57. The van der Waals surface area contributed by atoms with Gasteiger partial charge in [-0.05, 0) is 181 Å². The highest BCUT2D eigenvalue weighted by Gasteiger charge is 2.24. The van der Waals surface area contributed by atoms with Crippen LogP contribution in [0.3, 0.4) is 0 Å². The second kappa shape index (κ2) is 27.1. The van der Waals surface area contributed by atoms with Crippen LogP contribution in [0.25, 0.3) is 221 Å². The first kappa shape index (κ1) is 66.2. The van der Waals surface area contributed by atoms with Crippen molar-refractivity contribution in [2.75, 3.05) is 0 Å². The van der Waals surface area contributed by atoms with Crippen LogP contribution in [0, 0.1) is 0 Å². The Kier molecular flexibility index (Phi) is 15.5. The predicted octanol–water partition coefficient (Wildman–Crippen LogP) is 28.0. The van der Waals surface area contributed by atoms with Gasteiger partial charge in [0.05, 0.1) is 66.6 Å². The van der Waals surface area contributed by atoms with E-state index < -0.39 is 0 Å². The first-order valence-electron chi connectivity index (χ1n) is 39.5. The Morgan fingerprint density at radius 3 is 0.914 bits per heavy atom. The van der Waals surface area contributed by atoms with Gasteiger partial charge in [-0.15, -0.1) is 0 Å². The second-order valence-electron chi connectivity index (χ2n) is 30.0. The molecule has 0 atom stereocenters. The van der Waals surface area contributed by atoms with Crippen molar-refractivity contribution >= 4 is 131 Å². The van der Waals surface area contributed by atoms with Gasteiger partial charge >= 0.3 is 0 Å². The lowest BCUT2D eigenvalue weighted by atomic mass is 9.97. The largest absolute Gasteiger partial charge is 0.309 e. The van der Waals surface area contributed by atoms with E-state index in [1.165, 1.54) is 126 Å². The van der Waals surface area contributed by atoms with E-state index in [2.05, 4.69) is 431 Å². The molecule has 0 bridgehead atoms. The van der Waals surface area contributed by atoms with E-state index in [1.54, 1.807) is 0 Å². The fourth-order valence-corrected chi connectivity index (χ4v) is 18.1. The molecule has 24 rings (SSSR count). The molecule has 0 saturated carbocycles. The van der Waals surface area contributed by atoms with E-state index in [4.69, 9.17) is 19.9 Å². The maximum atomic E-state index is 5.42. The summed E-state index contributed by atoms with van der Waals surface area (Å²) in [7, 11) is 0. The number of aromatic nitrogens is 8. The highest BCUT2D eigenvalue weighted by Crippen LogP contribution is 2.45. The molecule has 0 unspecified atom stereocenters. The minimum atomic E-state index is 0.653. The summed E-state index contributed by atoms with van der Waals surface area (Å²) in [5.74, 6) is 1.31. The zero-order valence-electron chi connectivity index (χ0n) is 62.8. The van der Waals surface area contributed by atoms with Crippen LogP contribution in [0.4, 0.5) is 0 Å². The van der Waals surface area contributed by atoms with Gasteiger partial charge in [0.25, 0.3) is 0 Å². The van der Waals surface area contributed by atoms with Crippen molar-refractivity contribution in [2.45, 2.75) is 0 Å². The lowest BCUT2D eigenvalue weighted by molar-refractivity contribution is 1.01. The summed E-state index contributed by atoms with van der Waals surface area (Å²) in [5, 5.41) is 16.6. The van der Waals surface area contributed by atoms with Crippen molar-refractivity contribution in [3.63, 3.8) is 0 Å². The van der Waals surface area contributed by atoms with Crippen LogP contribution >= 0.6 is 0 Å². The van der Waals surface area contributed by atoms with Crippen molar-refractivity contribution in [1.29, 1.82) is 0 Å². The smallest absolute Gasteiger partial charge is 0.235 e. The normalized spacial score (nSPS) is 11.8. The van der Waals surface area contributed by atoms with Crippen molar-refractivity contribution in [3.8, 4) is 90.3 Å². The summed E-state index contributed by atoms with van der Waals surface area (Å²) in [4.78, 5) is 21.3. The lowest BCUT2D eigenvalue weighted by Crippen LogP contribution is -2.03. The Bertz CT molecular complexity index is 8060. The molecule has 6 aromatic heterocycles. The van der Waals surface area contributed by atoms with Crippen LogP contribution in [-0.2, 0) is 0 Å². The second-order valence-corrected chi connectivity index (χ2v) is 30.0. The zero-order valence-corrected chi connectivity index (χ0v) is 62.8. The molecule has 0 aliphatic carbocycles. The molecular formula is C108H68N8. The van der Waals surface area contributed by atoms with Crippen molar-refractivity contribution in [3.05, 3.63) is 413 Å². The number of benzene rings is 18. The van der Waals surface area contributed by atoms with E-state index in [1.807, 2.05) is 0 Å². The summed E-state index contributed by atoms with van der Waals surface area (Å²) in [5.41, 5.74) is 26.6. The van der Waals surface area contributed by atoms with E-state index in [0.717, 1.165) is 83.3 Å². The van der Waals surface area contributed by atoms with Crippen molar-refractivity contribution in [1.82, 2.24) is 38.2 Å². The highest BCUT2D eigenvalue weighted by molar-refractivity contribution is 6.24. The van der Waals surface area contributed by atoms with Gasteiger partial charge in [-0.25, -0.2) is 19.9 Å². The van der Waals surface area contributed by atoms with Crippen LogP contribution in [0.15, 0.2) is 413 Å². The molecule has 8 heteroatoms. The molecule has 0 N–H and O–H groups in total. The van der Waals surface area contributed by atoms with Gasteiger partial charge in [0.2, 0.25) is 11.9 Å². The van der Waals surface area contributed by atoms with Gasteiger partial charge in [-0.3, -0.25) is 9.13 Å². The molecule has 8 nitrogen and oxygen atoms in total. The van der Waals surface area contributed by atoms with Crippen molar-refractivity contribution < 1.29 is 0 Å². The summed E-state index contributed by atoms with van der Waals surface area (Å²) >= 11 is 0. The molecule has 24 aromatic rings. The van der Waals surface area contributed by atoms with Gasteiger partial charge in [0.15, 0.2) is 0 Å². The molecule has 0 saturated heterocycles. The molecule has 0 aliphatic heterocycles. The van der Waals surface area contributed by atoms with E-state index in [0.29, 0.717) is 11.9 Å². The van der Waals surface area contributed by atoms with Crippen LogP contribution in [-0.4, -0.2) is 38.2 Å². The van der Waals surface area contributed by atoms with Gasteiger partial charge in [0.1, 0.15) is 0 Å². The van der Waals surface area contributed by atoms with E-state index >= 15 is 0 Å². The summed E-state index contributed by atoms with van der Waals surface area (Å²) in [6, 6.07) is 148. The Labute approximate surface area is 667 Å². The fourth-order valence-electron chi connectivity index (χ4n) is 18.1. The minimum Gasteiger partial charge on any atom is -0.309 e. The minimum absolute atomic E-state index is 0.653. The van der Waals surface area contributed by atoms with Crippen LogP contribution < -0.4 is 0 Å². The Balaban J connectivity index is 0.000000137. The SMILES string of the molecule is c1ccc(-c2ccc(-c3nc(-n4c5ccccc5c5c6cc(-c7ccc8c(c7)c7ccccc7n8-c7ccccc7)ccc6ccc54)nc4ccccc34)cc2)cc1.c1ccc(-c2cccc(-c3nc(-n4c5ccccc5c5c6cc(-c7ccc8c(c7)c7ccccc7n8-c7ccccc7)ccc6ccc54)nc4ccccc34)c2)cc1. The maximum Gasteiger partial charge on any atom is 0.235 e. The molecule has 0 radical (unpaired) electrons. The Morgan fingerprint density at radius 2 is 0.448 bits per heavy atom. The zero-order chi connectivity index (χ0) is 76.3. The van der Waals surface area contributed by atoms with Gasteiger partial charge in [-0.1, -0.05) is 297 Å². The van der Waals surface area contributed by atoms with Crippen molar-refractivity contribution in [2.24, 2.45) is 0 Å². The quantitative estimate of drug-likeness (QED) is 0.137. The van der Waals surface area contributed by atoms with Crippen LogP contribution in [0.5, 0.6) is 0 Å². The first-order chi connectivity index (χ1) is 57.5. The molecule has 0 amide bonds. The average molecular weight is 1480 g/mol. The monoisotopic (exact) mass is 1480 g/mol.